The molecule has 1 amide bonds. The van der Waals surface area contributed by atoms with Crippen molar-refractivity contribution < 1.29 is 14.3 Å². The van der Waals surface area contributed by atoms with Crippen molar-refractivity contribution in [1.82, 2.24) is 5.32 Å². The van der Waals surface area contributed by atoms with Crippen LogP contribution in [0.3, 0.4) is 0 Å². The fourth-order valence-electron chi connectivity index (χ4n) is 3.16. The minimum Gasteiger partial charge on any atom is -0.494 e. The summed E-state index contributed by atoms with van der Waals surface area (Å²) in [5.74, 6) is 2.54. The van der Waals surface area contributed by atoms with E-state index in [0.29, 0.717) is 18.7 Å². The van der Waals surface area contributed by atoms with Gasteiger partial charge in [-0.05, 0) is 49.9 Å². The molecule has 138 valence electrons. The lowest BCUT2D eigenvalue weighted by Crippen LogP contribution is -2.23. The standard InChI is InChI=1S/C21H25NO3S/c1-4-24-19-10-17-8-14(2)25-20(17)11-18(19)12-22-21(23)16-7-5-6-15(9-16)13-26-3/h5-7,9-11,14H,4,8,12-13H2,1-3H3,(H,22,23)/t14-/m1/s1. The lowest BCUT2D eigenvalue weighted by molar-refractivity contribution is 0.0950. The topological polar surface area (TPSA) is 47.6 Å². The van der Waals surface area contributed by atoms with Gasteiger partial charge in [0.25, 0.3) is 5.91 Å². The molecule has 0 radical (unpaired) electrons. The van der Waals surface area contributed by atoms with Gasteiger partial charge in [0.1, 0.15) is 17.6 Å². The SMILES string of the molecule is CCOc1cc2c(cc1CNC(=O)c1cccc(CSC)c1)O[C@H](C)C2. The molecule has 4 nitrogen and oxygen atoms in total. The summed E-state index contributed by atoms with van der Waals surface area (Å²) >= 11 is 1.74. The van der Waals surface area contributed by atoms with E-state index in [4.69, 9.17) is 9.47 Å². The molecule has 0 unspecified atom stereocenters. The van der Waals surface area contributed by atoms with Gasteiger partial charge in [0.05, 0.1) is 6.61 Å². The summed E-state index contributed by atoms with van der Waals surface area (Å²) in [5, 5.41) is 3.00. The van der Waals surface area contributed by atoms with Crippen molar-refractivity contribution >= 4 is 17.7 Å². The summed E-state index contributed by atoms with van der Waals surface area (Å²) in [5.41, 5.74) is 3.94. The third-order valence-corrected chi connectivity index (χ3v) is 4.94. The van der Waals surface area contributed by atoms with Crippen LogP contribution in [0.1, 0.15) is 40.9 Å². The highest BCUT2D eigenvalue weighted by Gasteiger charge is 2.22. The quantitative estimate of drug-likeness (QED) is 0.792. The number of amides is 1. The number of rotatable bonds is 7. The predicted octanol–water partition coefficient (Wildman–Crippen LogP) is 4.20. The van der Waals surface area contributed by atoms with E-state index >= 15 is 0 Å². The Morgan fingerprint density at radius 2 is 2.19 bits per heavy atom. The Labute approximate surface area is 159 Å². The zero-order chi connectivity index (χ0) is 18.5. The minimum absolute atomic E-state index is 0.0785. The molecule has 1 heterocycles. The van der Waals surface area contributed by atoms with Crippen molar-refractivity contribution in [3.63, 3.8) is 0 Å². The Morgan fingerprint density at radius 1 is 1.35 bits per heavy atom. The molecule has 1 aliphatic rings. The molecular weight excluding hydrogens is 346 g/mol. The van der Waals surface area contributed by atoms with Crippen molar-refractivity contribution in [1.29, 1.82) is 0 Å². The smallest absolute Gasteiger partial charge is 0.251 e. The van der Waals surface area contributed by atoms with E-state index < -0.39 is 0 Å². The van der Waals surface area contributed by atoms with Crippen LogP contribution in [0.4, 0.5) is 0 Å². The Hall–Kier alpha value is -2.14. The van der Waals surface area contributed by atoms with Crippen molar-refractivity contribution in [3.05, 3.63) is 58.7 Å². The van der Waals surface area contributed by atoms with Crippen molar-refractivity contribution in [2.45, 2.75) is 38.7 Å². The number of hydrogen-bond donors (Lipinski definition) is 1. The summed E-state index contributed by atoms with van der Waals surface area (Å²) in [6.07, 6.45) is 3.13. The minimum atomic E-state index is -0.0785. The summed E-state index contributed by atoms with van der Waals surface area (Å²) in [6.45, 7) is 5.02. The predicted molar refractivity (Wildman–Crippen MR) is 106 cm³/mol. The highest BCUT2D eigenvalue weighted by Crippen LogP contribution is 2.35. The van der Waals surface area contributed by atoms with Gasteiger partial charge in [0, 0.05) is 35.4 Å². The molecule has 2 aromatic rings. The van der Waals surface area contributed by atoms with Crippen LogP contribution in [0.25, 0.3) is 0 Å². The van der Waals surface area contributed by atoms with Crippen molar-refractivity contribution in [2.24, 2.45) is 0 Å². The first-order valence-corrected chi connectivity index (χ1v) is 10.3. The molecule has 5 heteroatoms. The molecule has 0 spiro atoms. The molecule has 0 aliphatic carbocycles. The fraction of sp³-hybridized carbons (Fsp3) is 0.381. The third kappa shape index (κ3) is 4.33. The summed E-state index contributed by atoms with van der Waals surface area (Å²) in [7, 11) is 0. The molecule has 26 heavy (non-hydrogen) atoms. The Bertz CT molecular complexity index is 791. The number of thioether (sulfide) groups is 1. The average Bonchev–Trinajstić information content (AvgIpc) is 2.99. The number of carbonyl (C=O) groups is 1. The average molecular weight is 372 g/mol. The Kier molecular flexibility index (Phi) is 6.09. The van der Waals surface area contributed by atoms with Crippen LogP contribution in [0.5, 0.6) is 11.5 Å². The first kappa shape index (κ1) is 18.6. The molecule has 0 saturated carbocycles. The molecule has 0 saturated heterocycles. The van der Waals surface area contributed by atoms with E-state index in [0.717, 1.165) is 34.8 Å². The molecular formula is C21H25NO3S. The van der Waals surface area contributed by atoms with Crippen LogP contribution >= 0.6 is 11.8 Å². The number of benzene rings is 2. The monoisotopic (exact) mass is 371 g/mol. The second-order valence-electron chi connectivity index (χ2n) is 6.45. The molecule has 1 N–H and O–H groups in total. The Morgan fingerprint density at radius 3 is 2.96 bits per heavy atom. The van der Waals surface area contributed by atoms with Gasteiger partial charge in [-0.15, -0.1) is 0 Å². The van der Waals surface area contributed by atoms with Gasteiger partial charge in [0.15, 0.2) is 0 Å². The van der Waals surface area contributed by atoms with Crippen LogP contribution in [0, 0.1) is 0 Å². The van der Waals surface area contributed by atoms with E-state index in [1.807, 2.05) is 43.3 Å². The van der Waals surface area contributed by atoms with E-state index in [2.05, 4.69) is 18.5 Å². The van der Waals surface area contributed by atoms with Crippen molar-refractivity contribution in [2.75, 3.05) is 12.9 Å². The van der Waals surface area contributed by atoms with Crippen LogP contribution in [-0.2, 0) is 18.7 Å². The van der Waals surface area contributed by atoms with E-state index in [1.165, 1.54) is 5.56 Å². The zero-order valence-corrected chi connectivity index (χ0v) is 16.3. The normalized spacial score (nSPS) is 15.3. The highest BCUT2D eigenvalue weighted by molar-refractivity contribution is 7.97. The molecule has 1 atom stereocenters. The second-order valence-corrected chi connectivity index (χ2v) is 7.32. The second kappa shape index (κ2) is 8.49. The fourth-order valence-corrected chi connectivity index (χ4v) is 3.67. The van der Waals surface area contributed by atoms with Gasteiger partial charge in [0.2, 0.25) is 0 Å². The van der Waals surface area contributed by atoms with Crippen LogP contribution in [-0.4, -0.2) is 24.9 Å². The van der Waals surface area contributed by atoms with Gasteiger partial charge in [-0.3, -0.25) is 4.79 Å². The maximum atomic E-state index is 12.5. The number of ether oxygens (including phenoxy) is 2. The number of carbonyl (C=O) groups excluding carboxylic acids is 1. The van der Waals surface area contributed by atoms with E-state index in [9.17, 15) is 4.79 Å². The summed E-state index contributed by atoms with van der Waals surface area (Å²) in [4.78, 5) is 12.5. The number of hydrogen-bond acceptors (Lipinski definition) is 4. The summed E-state index contributed by atoms with van der Waals surface area (Å²) in [6, 6.07) is 11.8. The first-order chi connectivity index (χ1) is 12.6. The molecule has 0 fully saturated rings. The number of fused-ring (bicyclic) bond motifs is 1. The van der Waals surface area contributed by atoms with Gasteiger partial charge in [-0.25, -0.2) is 0 Å². The zero-order valence-electron chi connectivity index (χ0n) is 15.5. The maximum Gasteiger partial charge on any atom is 0.251 e. The van der Waals surface area contributed by atoms with Crippen LogP contribution in [0.2, 0.25) is 0 Å². The van der Waals surface area contributed by atoms with Crippen molar-refractivity contribution in [3.8, 4) is 11.5 Å². The number of nitrogens with one attached hydrogen (secondary N) is 1. The van der Waals surface area contributed by atoms with Gasteiger partial charge >= 0.3 is 0 Å². The largest absolute Gasteiger partial charge is 0.494 e. The van der Waals surface area contributed by atoms with Gasteiger partial charge in [-0.1, -0.05) is 12.1 Å². The summed E-state index contributed by atoms with van der Waals surface area (Å²) < 4.78 is 11.6. The van der Waals surface area contributed by atoms with Gasteiger partial charge < -0.3 is 14.8 Å². The lowest BCUT2D eigenvalue weighted by atomic mass is 10.1. The van der Waals surface area contributed by atoms with Gasteiger partial charge in [-0.2, -0.15) is 11.8 Å². The molecule has 1 aliphatic heterocycles. The lowest BCUT2D eigenvalue weighted by Gasteiger charge is -2.13. The highest BCUT2D eigenvalue weighted by atomic mass is 32.2. The molecule has 3 rings (SSSR count). The molecule has 0 aromatic heterocycles. The maximum absolute atomic E-state index is 12.5. The van der Waals surface area contributed by atoms with Crippen LogP contribution in [0.15, 0.2) is 36.4 Å². The first-order valence-electron chi connectivity index (χ1n) is 8.92. The third-order valence-electron chi connectivity index (χ3n) is 4.32. The molecule has 2 aromatic carbocycles. The van der Waals surface area contributed by atoms with Crippen LogP contribution < -0.4 is 14.8 Å². The molecule has 0 bridgehead atoms. The van der Waals surface area contributed by atoms with E-state index in [1.54, 1.807) is 11.8 Å². The van der Waals surface area contributed by atoms with E-state index in [-0.39, 0.29) is 12.0 Å². The Balaban J connectivity index is 1.73.